The standard InChI is InChI=1S/C13H23N3S/c1-9-5-6-10(2)16(8-9)13-15-7-12(17-13)11(3)14-4/h7,9-11,14H,5-6,8H2,1-4H3. The molecule has 1 aliphatic rings. The van der Waals surface area contributed by atoms with Crippen LogP contribution in [0.15, 0.2) is 6.20 Å². The molecule has 1 saturated heterocycles. The van der Waals surface area contributed by atoms with Crippen LogP contribution in [0, 0.1) is 5.92 Å². The van der Waals surface area contributed by atoms with Gasteiger partial charge in [-0.1, -0.05) is 6.92 Å². The zero-order valence-electron chi connectivity index (χ0n) is 11.2. The molecule has 0 radical (unpaired) electrons. The van der Waals surface area contributed by atoms with Gasteiger partial charge in [0, 0.05) is 29.7 Å². The molecule has 0 bridgehead atoms. The smallest absolute Gasteiger partial charge is 0.185 e. The lowest BCUT2D eigenvalue weighted by atomic mass is 9.96. The number of piperidine rings is 1. The SMILES string of the molecule is CNC(C)c1cnc(N2CC(C)CCC2C)s1. The van der Waals surface area contributed by atoms with Crippen LogP contribution in [0.2, 0.25) is 0 Å². The molecule has 0 saturated carbocycles. The average Bonchev–Trinajstić information content (AvgIpc) is 2.80. The molecule has 0 aromatic carbocycles. The van der Waals surface area contributed by atoms with E-state index in [2.05, 4.69) is 36.0 Å². The fraction of sp³-hybridized carbons (Fsp3) is 0.769. The van der Waals surface area contributed by atoms with E-state index in [1.807, 2.05) is 24.6 Å². The minimum absolute atomic E-state index is 0.402. The van der Waals surface area contributed by atoms with Crippen molar-refractivity contribution in [3.8, 4) is 0 Å². The van der Waals surface area contributed by atoms with Crippen LogP contribution in [0.1, 0.15) is 44.5 Å². The van der Waals surface area contributed by atoms with Gasteiger partial charge in [-0.2, -0.15) is 0 Å². The number of aromatic nitrogens is 1. The van der Waals surface area contributed by atoms with E-state index in [0.29, 0.717) is 12.1 Å². The maximum Gasteiger partial charge on any atom is 0.185 e. The molecule has 3 unspecified atom stereocenters. The molecular weight excluding hydrogens is 230 g/mol. The lowest BCUT2D eigenvalue weighted by molar-refractivity contribution is 0.390. The first-order valence-electron chi connectivity index (χ1n) is 6.51. The van der Waals surface area contributed by atoms with Gasteiger partial charge in [0.2, 0.25) is 0 Å². The minimum Gasteiger partial charge on any atom is -0.345 e. The van der Waals surface area contributed by atoms with E-state index in [9.17, 15) is 0 Å². The number of nitrogens with one attached hydrogen (secondary N) is 1. The predicted octanol–water partition coefficient (Wildman–Crippen LogP) is 3.05. The summed E-state index contributed by atoms with van der Waals surface area (Å²) < 4.78 is 0. The van der Waals surface area contributed by atoms with E-state index in [0.717, 1.165) is 12.5 Å². The van der Waals surface area contributed by atoms with Gasteiger partial charge in [-0.25, -0.2) is 4.98 Å². The van der Waals surface area contributed by atoms with Crippen molar-refractivity contribution in [2.75, 3.05) is 18.5 Å². The summed E-state index contributed by atoms with van der Waals surface area (Å²) in [6, 6.07) is 1.04. The van der Waals surface area contributed by atoms with Crippen LogP contribution in [0.4, 0.5) is 5.13 Å². The van der Waals surface area contributed by atoms with Crippen molar-refractivity contribution in [1.29, 1.82) is 0 Å². The number of anilines is 1. The van der Waals surface area contributed by atoms with Gasteiger partial charge >= 0.3 is 0 Å². The lowest BCUT2D eigenvalue weighted by Crippen LogP contribution is -2.40. The Labute approximate surface area is 108 Å². The molecule has 1 aromatic rings. The van der Waals surface area contributed by atoms with Crippen molar-refractivity contribution >= 4 is 16.5 Å². The molecule has 2 heterocycles. The van der Waals surface area contributed by atoms with Crippen LogP contribution in [0.3, 0.4) is 0 Å². The summed E-state index contributed by atoms with van der Waals surface area (Å²) in [5, 5.41) is 4.46. The first kappa shape index (κ1) is 12.8. The summed E-state index contributed by atoms with van der Waals surface area (Å²) in [4.78, 5) is 8.40. The fourth-order valence-electron chi connectivity index (χ4n) is 2.31. The van der Waals surface area contributed by atoms with Crippen LogP contribution in [-0.2, 0) is 0 Å². The van der Waals surface area contributed by atoms with Crippen molar-refractivity contribution in [3.63, 3.8) is 0 Å². The van der Waals surface area contributed by atoms with Crippen molar-refractivity contribution < 1.29 is 0 Å². The molecule has 1 aromatic heterocycles. The van der Waals surface area contributed by atoms with Crippen molar-refractivity contribution in [2.24, 2.45) is 5.92 Å². The van der Waals surface area contributed by atoms with Gasteiger partial charge < -0.3 is 10.2 Å². The van der Waals surface area contributed by atoms with E-state index >= 15 is 0 Å². The predicted molar refractivity (Wildman–Crippen MR) is 74.8 cm³/mol. The Morgan fingerprint density at radius 1 is 1.47 bits per heavy atom. The van der Waals surface area contributed by atoms with E-state index in [4.69, 9.17) is 0 Å². The Morgan fingerprint density at radius 2 is 2.24 bits per heavy atom. The number of rotatable bonds is 3. The molecule has 96 valence electrons. The van der Waals surface area contributed by atoms with Gasteiger partial charge in [-0.05, 0) is 39.7 Å². The third-order valence-corrected chi connectivity index (χ3v) is 4.95. The van der Waals surface area contributed by atoms with Crippen LogP contribution >= 0.6 is 11.3 Å². The Balaban J connectivity index is 2.13. The van der Waals surface area contributed by atoms with E-state index in [-0.39, 0.29) is 0 Å². The lowest BCUT2D eigenvalue weighted by Gasteiger charge is -2.36. The molecular formula is C13H23N3S. The monoisotopic (exact) mass is 253 g/mol. The summed E-state index contributed by atoms with van der Waals surface area (Å²) in [5.74, 6) is 0.792. The van der Waals surface area contributed by atoms with Crippen molar-refractivity contribution in [1.82, 2.24) is 10.3 Å². The number of thiazole rings is 1. The molecule has 3 atom stereocenters. The third-order valence-electron chi connectivity index (χ3n) is 3.73. The summed E-state index contributed by atoms with van der Waals surface area (Å²) in [7, 11) is 2.00. The second-order valence-electron chi connectivity index (χ2n) is 5.24. The maximum absolute atomic E-state index is 4.60. The Hall–Kier alpha value is -0.610. The Morgan fingerprint density at radius 3 is 2.94 bits per heavy atom. The van der Waals surface area contributed by atoms with Crippen molar-refractivity contribution in [2.45, 2.75) is 45.7 Å². The zero-order valence-corrected chi connectivity index (χ0v) is 12.0. The quantitative estimate of drug-likeness (QED) is 0.897. The van der Waals surface area contributed by atoms with Gasteiger partial charge in [0.05, 0.1) is 0 Å². The molecule has 0 amide bonds. The molecule has 17 heavy (non-hydrogen) atoms. The summed E-state index contributed by atoms with van der Waals surface area (Å²) in [5.41, 5.74) is 0. The molecule has 3 nitrogen and oxygen atoms in total. The third kappa shape index (κ3) is 2.80. The molecule has 1 fully saturated rings. The highest BCUT2D eigenvalue weighted by molar-refractivity contribution is 7.15. The fourth-order valence-corrected chi connectivity index (χ4v) is 3.40. The molecule has 4 heteroatoms. The first-order chi connectivity index (χ1) is 8.11. The molecule has 2 rings (SSSR count). The molecule has 1 N–H and O–H groups in total. The highest BCUT2D eigenvalue weighted by atomic mass is 32.1. The zero-order chi connectivity index (χ0) is 12.4. The molecule has 0 spiro atoms. The van der Waals surface area contributed by atoms with Crippen LogP contribution in [-0.4, -0.2) is 24.6 Å². The topological polar surface area (TPSA) is 28.2 Å². The van der Waals surface area contributed by atoms with Crippen LogP contribution in [0.25, 0.3) is 0 Å². The highest BCUT2D eigenvalue weighted by Crippen LogP contribution is 2.32. The number of hydrogen-bond acceptors (Lipinski definition) is 4. The van der Waals surface area contributed by atoms with Gasteiger partial charge in [-0.15, -0.1) is 11.3 Å². The van der Waals surface area contributed by atoms with E-state index in [1.54, 1.807) is 0 Å². The van der Waals surface area contributed by atoms with Crippen LogP contribution in [0.5, 0.6) is 0 Å². The first-order valence-corrected chi connectivity index (χ1v) is 7.33. The summed E-state index contributed by atoms with van der Waals surface area (Å²) >= 11 is 1.83. The van der Waals surface area contributed by atoms with Crippen LogP contribution < -0.4 is 10.2 Å². The maximum atomic E-state index is 4.60. The normalized spacial score (nSPS) is 27.2. The van der Waals surface area contributed by atoms with Gasteiger partial charge in [0.25, 0.3) is 0 Å². The van der Waals surface area contributed by atoms with Gasteiger partial charge in [0.1, 0.15) is 0 Å². The second-order valence-corrected chi connectivity index (χ2v) is 6.28. The number of nitrogens with zero attached hydrogens (tertiary/aromatic N) is 2. The second kappa shape index (κ2) is 5.36. The summed E-state index contributed by atoms with van der Waals surface area (Å²) in [6.45, 7) is 7.99. The van der Waals surface area contributed by atoms with Gasteiger partial charge in [0.15, 0.2) is 5.13 Å². The molecule has 1 aliphatic heterocycles. The number of hydrogen-bond donors (Lipinski definition) is 1. The van der Waals surface area contributed by atoms with Gasteiger partial charge in [-0.3, -0.25) is 0 Å². The Kier molecular flexibility index (Phi) is 4.05. The van der Waals surface area contributed by atoms with E-state index in [1.165, 1.54) is 22.9 Å². The highest BCUT2D eigenvalue weighted by Gasteiger charge is 2.25. The average molecular weight is 253 g/mol. The largest absolute Gasteiger partial charge is 0.345 e. The van der Waals surface area contributed by atoms with Crippen molar-refractivity contribution in [3.05, 3.63) is 11.1 Å². The molecule has 0 aliphatic carbocycles. The Bertz CT molecular complexity index is 363. The summed E-state index contributed by atoms with van der Waals surface area (Å²) in [6.07, 6.45) is 4.66. The minimum atomic E-state index is 0.402. The van der Waals surface area contributed by atoms with E-state index < -0.39 is 0 Å².